The van der Waals surface area contributed by atoms with Crippen molar-refractivity contribution in [3.8, 4) is 34.6 Å². The first-order chi connectivity index (χ1) is 15.7. The average Bonchev–Trinajstić information content (AvgIpc) is 3.40. The van der Waals surface area contributed by atoms with E-state index < -0.39 is 0 Å². The summed E-state index contributed by atoms with van der Waals surface area (Å²) in [6.45, 7) is 9.27. The summed E-state index contributed by atoms with van der Waals surface area (Å²) in [5.74, 6) is 0.500. The molecule has 2 heterocycles. The summed E-state index contributed by atoms with van der Waals surface area (Å²) in [6.07, 6.45) is 1.60. The number of hydrogen-bond acceptors (Lipinski definition) is 7. The second-order valence-electron chi connectivity index (χ2n) is 9.30. The standard InChI is InChI=1S/C25H32N4O4/c1-15(2)18-13-19(22(31)14-21(18)30)23-27-28-24(33-11-9-25(3,4)32-5)29(23)17-6-7-20-16(12-17)8-10-26-20/h6-7,12-15,26,30-31H,8-11H2,1-5H3. The molecule has 0 fully saturated rings. The van der Waals surface area contributed by atoms with Crippen molar-refractivity contribution in [2.24, 2.45) is 0 Å². The zero-order chi connectivity index (χ0) is 23.8. The lowest BCUT2D eigenvalue weighted by molar-refractivity contribution is 0.00451. The Morgan fingerprint density at radius 1 is 1.12 bits per heavy atom. The lowest BCUT2D eigenvalue weighted by Gasteiger charge is -2.22. The smallest absolute Gasteiger partial charge is 0.322 e. The van der Waals surface area contributed by atoms with Gasteiger partial charge < -0.3 is 25.0 Å². The quantitative estimate of drug-likeness (QED) is 0.458. The lowest BCUT2D eigenvalue weighted by Crippen LogP contribution is -2.25. The number of hydrogen-bond donors (Lipinski definition) is 3. The van der Waals surface area contributed by atoms with Gasteiger partial charge in [0.2, 0.25) is 0 Å². The molecule has 0 spiro atoms. The van der Waals surface area contributed by atoms with Gasteiger partial charge in [-0.2, -0.15) is 0 Å². The molecule has 1 aliphatic rings. The van der Waals surface area contributed by atoms with E-state index in [1.807, 2.05) is 44.4 Å². The van der Waals surface area contributed by atoms with Gasteiger partial charge in [-0.15, -0.1) is 5.10 Å². The van der Waals surface area contributed by atoms with Crippen molar-refractivity contribution in [3.63, 3.8) is 0 Å². The highest BCUT2D eigenvalue weighted by molar-refractivity contribution is 5.70. The molecule has 1 aromatic heterocycles. The summed E-state index contributed by atoms with van der Waals surface area (Å²) in [4.78, 5) is 0. The number of fused-ring (bicyclic) bond motifs is 1. The van der Waals surface area contributed by atoms with Crippen LogP contribution < -0.4 is 10.1 Å². The predicted molar refractivity (Wildman–Crippen MR) is 128 cm³/mol. The third kappa shape index (κ3) is 4.61. The van der Waals surface area contributed by atoms with E-state index in [1.54, 1.807) is 13.2 Å². The molecule has 0 bridgehead atoms. The number of nitrogens with one attached hydrogen (secondary N) is 1. The number of nitrogens with zero attached hydrogens (tertiary/aromatic N) is 3. The van der Waals surface area contributed by atoms with Gasteiger partial charge in [-0.05, 0) is 61.6 Å². The topological polar surface area (TPSA) is 102 Å². The lowest BCUT2D eigenvalue weighted by atomic mass is 9.98. The number of phenolic OH excluding ortho intramolecular Hbond substituents is 2. The maximum atomic E-state index is 10.7. The van der Waals surface area contributed by atoms with Gasteiger partial charge in [0.15, 0.2) is 5.82 Å². The number of phenols is 2. The van der Waals surface area contributed by atoms with Gasteiger partial charge in [0, 0.05) is 31.8 Å². The summed E-state index contributed by atoms with van der Waals surface area (Å²) in [5.41, 5.74) is 4.05. The number of benzene rings is 2. The number of rotatable bonds is 8. The minimum atomic E-state index is -0.325. The van der Waals surface area contributed by atoms with E-state index in [2.05, 4.69) is 21.6 Å². The van der Waals surface area contributed by atoms with Crippen LogP contribution in [0.25, 0.3) is 17.1 Å². The Hall–Kier alpha value is -3.26. The third-order valence-corrected chi connectivity index (χ3v) is 6.19. The number of anilines is 1. The molecule has 8 nitrogen and oxygen atoms in total. The van der Waals surface area contributed by atoms with Crippen LogP contribution in [0.2, 0.25) is 0 Å². The zero-order valence-corrected chi connectivity index (χ0v) is 19.8. The molecule has 0 saturated heterocycles. The van der Waals surface area contributed by atoms with E-state index in [0.29, 0.717) is 30.4 Å². The molecule has 4 rings (SSSR count). The Morgan fingerprint density at radius 3 is 2.64 bits per heavy atom. The molecule has 176 valence electrons. The average molecular weight is 453 g/mol. The van der Waals surface area contributed by atoms with Crippen LogP contribution in [0.3, 0.4) is 0 Å². The van der Waals surface area contributed by atoms with E-state index in [4.69, 9.17) is 9.47 Å². The molecule has 33 heavy (non-hydrogen) atoms. The van der Waals surface area contributed by atoms with Crippen molar-refractivity contribution < 1.29 is 19.7 Å². The normalized spacial score (nSPS) is 13.3. The van der Waals surface area contributed by atoms with E-state index in [1.165, 1.54) is 11.6 Å². The molecule has 0 atom stereocenters. The Labute approximate surface area is 194 Å². The monoisotopic (exact) mass is 452 g/mol. The first-order valence-corrected chi connectivity index (χ1v) is 11.3. The van der Waals surface area contributed by atoms with Crippen molar-refractivity contribution in [3.05, 3.63) is 41.5 Å². The van der Waals surface area contributed by atoms with E-state index in [-0.39, 0.29) is 23.0 Å². The first kappa shape index (κ1) is 22.9. The molecule has 0 radical (unpaired) electrons. The Bertz CT molecular complexity index is 1150. The van der Waals surface area contributed by atoms with Crippen LogP contribution >= 0.6 is 0 Å². The molecule has 0 unspecified atom stereocenters. The predicted octanol–water partition coefficient (Wildman–Crippen LogP) is 4.63. The maximum Gasteiger partial charge on any atom is 0.322 e. The molecule has 8 heteroatoms. The summed E-state index contributed by atoms with van der Waals surface area (Å²) in [6, 6.07) is 9.57. The molecule has 3 N–H and O–H groups in total. The van der Waals surface area contributed by atoms with Gasteiger partial charge in [-0.25, -0.2) is 4.57 Å². The molecular weight excluding hydrogens is 420 g/mol. The number of aromatic nitrogens is 3. The highest BCUT2D eigenvalue weighted by atomic mass is 16.5. The van der Waals surface area contributed by atoms with Gasteiger partial charge in [0.1, 0.15) is 11.5 Å². The fourth-order valence-electron chi connectivity index (χ4n) is 3.93. The molecular formula is C25H32N4O4. The third-order valence-electron chi connectivity index (χ3n) is 6.19. The Kier molecular flexibility index (Phi) is 6.21. The van der Waals surface area contributed by atoms with E-state index in [9.17, 15) is 10.2 Å². The van der Waals surface area contributed by atoms with Crippen molar-refractivity contribution in [2.75, 3.05) is 25.6 Å². The second kappa shape index (κ2) is 8.94. The number of aromatic hydroxyl groups is 2. The van der Waals surface area contributed by atoms with Crippen LogP contribution in [-0.2, 0) is 11.2 Å². The van der Waals surface area contributed by atoms with Gasteiger partial charge in [0.05, 0.1) is 23.5 Å². The summed E-state index contributed by atoms with van der Waals surface area (Å²) >= 11 is 0. The highest BCUT2D eigenvalue weighted by Gasteiger charge is 2.24. The molecule has 0 saturated carbocycles. The van der Waals surface area contributed by atoms with Crippen molar-refractivity contribution in [1.82, 2.24) is 14.8 Å². The second-order valence-corrected chi connectivity index (χ2v) is 9.30. The van der Waals surface area contributed by atoms with Crippen LogP contribution in [0, 0.1) is 0 Å². The molecule has 0 amide bonds. The fraction of sp³-hybridized carbons (Fsp3) is 0.440. The maximum absolute atomic E-state index is 10.7. The van der Waals surface area contributed by atoms with Gasteiger partial charge in [-0.1, -0.05) is 18.9 Å². The van der Waals surface area contributed by atoms with E-state index >= 15 is 0 Å². The van der Waals surface area contributed by atoms with Crippen molar-refractivity contribution in [2.45, 2.75) is 52.1 Å². The Morgan fingerprint density at radius 2 is 1.91 bits per heavy atom. The SMILES string of the molecule is COC(C)(C)CCOc1nnc(-c2cc(C(C)C)c(O)cc2O)n1-c1ccc2c(c1)CCN2. The number of ether oxygens (including phenoxy) is 2. The molecule has 3 aromatic rings. The molecule has 2 aromatic carbocycles. The van der Waals surface area contributed by atoms with Crippen molar-refractivity contribution >= 4 is 5.69 Å². The van der Waals surface area contributed by atoms with Crippen LogP contribution in [0.1, 0.15) is 51.2 Å². The van der Waals surface area contributed by atoms with Crippen LogP contribution in [0.5, 0.6) is 17.5 Å². The van der Waals surface area contributed by atoms with Crippen LogP contribution in [0.4, 0.5) is 5.69 Å². The fourth-order valence-corrected chi connectivity index (χ4v) is 3.93. The molecule has 0 aliphatic carbocycles. The minimum absolute atomic E-state index is 0.0548. The van der Waals surface area contributed by atoms with Gasteiger partial charge in [0.25, 0.3) is 0 Å². The zero-order valence-electron chi connectivity index (χ0n) is 19.8. The van der Waals surface area contributed by atoms with E-state index in [0.717, 1.165) is 29.9 Å². The summed E-state index contributed by atoms with van der Waals surface area (Å²) in [5, 5.41) is 33.1. The largest absolute Gasteiger partial charge is 0.508 e. The van der Waals surface area contributed by atoms with Crippen molar-refractivity contribution in [1.29, 1.82) is 0 Å². The first-order valence-electron chi connectivity index (χ1n) is 11.3. The van der Waals surface area contributed by atoms with Crippen LogP contribution in [-0.4, -0.2) is 50.8 Å². The Balaban J connectivity index is 1.80. The van der Waals surface area contributed by atoms with Crippen LogP contribution in [0.15, 0.2) is 30.3 Å². The minimum Gasteiger partial charge on any atom is -0.508 e. The van der Waals surface area contributed by atoms with Gasteiger partial charge >= 0.3 is 6.01 Å². The van der Waals surface area contributed by atoms with Gasteiger partial charge in [-0.3, -0.25) is 0 Å². The summed E-state index contributed by atoms with van der Waals surface area (Å²) < 4.78 is 13.4. The molecule has 1 aliphatic heterocycles. The highest BCUT2D eigenvalue weighted by Crippen LogP contribution is 2.39. The summed E-state index contributed by atoms with van der Waals surface area (Å²) in [7, 11) is 1.68. The number of methoxy groups -OCH3 is 1.